The molecule has 0 aromatic heterocycles. The minimum atomic E-state index is -2.66. The fourth-order valence-corrected chi connectivity index (χ4v) is 5.52. The number of esters is 1. The zero-order chi connectivity index (χ0) is 27.4. The second-order valence-corrected chi connectivity index (χ2v) is 9.58. The summed E-state index contributed by atoms with van der Waals surface area (Å²) in [6.07, 6.45) is -0.272. The van der Waals surface area contributed by atoms with E-state index in [0.717, 1.165) is 0 Å². The van der Waals surface area contributed by atoms with Crippen LogP contribution in [0.4, 0.5) is 5.69 Å². The molecule has 3 aliphatic rings. The summed E-state index contributed by atoms with van der Waals surface area (Å²) >= 11 is 0. The van der Waals surface area contributed by atoms with Gasteiger partial charge in [-0.3, -0.25) is 14.4 Å². The molecule has 1 saturated carbocycles. The summed E-state index contributed by atoms with van der Waals surface area (Å²) in [5, 5.41) is 44.3. The Morgan fingerprint density at radius 3 is 2.43 bits per heavy atom. The van der Waals surface area contributed by atoms with E-state index >= 15 is 0 Å². The van der Waals surface area contributed by atoms with Crippen LogP contribution in [0.1, 0.15) is 34.3 Å². The van der Waals surface area contributed by atoms with Crippen LogP contribution in [0.15, 0.2) is 23.0 Å². The lowest BCUT2D eigenvalue weighted by atomic mass is 9.59. The van der Waals surface area contributed by atoms with Gasteiger partial charge in [0.1, 0.15) is 35.0 Å². The number of amides is 1. The van der Waals surface area contributed by atoms with Gasteiger partial charge in [0.2, 0.25) is 5.78 Å². The number of nitrogens with two attached hydrogens (primary N) is 1. The predicted molar refractivity (Wildman–Crippen MR) is 128 cm³/mol. The van der Waals surface area contributed by atoms with Gasteiger partial charge in [-0.1, -0.05) is 0 Å². The van der Waals surface area contributed by atoms with Crippen LogP contribution in [0.2, 0.25) is 0 Å². The molecule has 3 aliphatic carbocycles. The first-order chi connectivity index (χ1) is 17.4. The Bertz CT molecular complexity index is 1290. The summed E-state index contributed by atoms with van der Waals surface area (Å²) in [5.74, 6) is -8.27. The van der Waals surface area contributed by atoms with E-state index in [1.165, 1.54) is 13.2 Å². The average Bonchev–Trinajstić information content (AvgIpc) is 2.81. The Balaban J connectivity index is 1.90. The highest BCUT2D eigenvalue weighted by Crippen LogP contribution is 2.53. The minimum Gasteiger partial charge on any atom is -0.508 e. The summed E-state index contributed by atoms with van der Waals surface area (Å²) in [6.45, 7) is 0.0355. The second-order valence-electron chi connectivity index (χ2n) is 9.58. The molecule has 1 amide bonds. The summed E-state index contributed by atoms with van der Waals surface area (Å²) < 4.78 is 9.98. The van der Waals surface area contributed by atoms with Crippen LogP contribution in [0, 0.1) is 11.8 Å². The normalized spacial score (nSPS) is 24.9. The van der Waals surface area contributed by atoms with E-state index in [1.807, 2.05) is 0 Å². The molecule has 0 heterocycles. The topological polar surface area (TPSA) is 197 Å². The number of carbonyl (C=O) groups is 4. The van der Waals surface area contributed by atoms with Crippen molar-refractivity contribution in [2.24, 2.45) is 17.6 Å². The van der Waals surface area contributed by atoms with Crippen LogP contribution in [-0.2, 0) is 30.3 Å². The van der Waals surface area contributed by atoms with Crippen LogP contribution >= 0.6 is 0 Å². The molecule has 0 radical (unpaired) electrons. The van der Waals surface area contributed by atoms with Crippen molar-refractivity contribution >= 4 is 34.9 Å². The number of phenolic OH excluding ortho intramolecular Hbond substituents is 1. The lowest BCUT2D eigenvalue weighted by Gasteiger charge is -2.46. The van der Waals surface area contributed by atoms with E-state index in [9.17, 15) is 39.6 Å². The van der Waals surface area contributed by atoms with Gasteiger partial charge in [-0.2, -0.15) is 0 Å². The number of ether oxygens (including phenoxy) is 2. The number of fused-ring (bicyclic) bond motifs is 3. The third-order valence-electron chi connectivity index (χ3n) is 7.26. The molecule has 1 fully saturated rings. The van der Waals surface area contributed by atoms with Crippen molar-refractivity contribution in [3.8, 4) is 5.75 Å². The molecule has 0 spiro atoms. The van der Waals surface area contributed by atoms with Crippen LogP contribution in [0.3, 0.4) is 0 Å². The Morgan fingerprint density at radius 2 is 1.84 bits per heavy atom. The van der Waals surface area contributed by atoms with Crippen molar-refractivity contribution in [2.75, 3.05) is 39.3 Å². The highest BCUT2D eigenvalue weighted by molar-refractivity contribution is 6.22. The number of rotatable bonds is 6. The molecule has 37 heavy (non-hydrogen) atoms. The fourth-order valence-electron chi connectivity index (χ4n) is 5.52. The first-order valence-corrected chi connectivity index (χ1v) is 11.6. The van der Waals surface area contributed by atoms with Gasteiger partial charge in [-0.15, -0.1) is 0 Å². The molecule has 0 aliphatic heterocycles. The number of hydrogen-bond acceptors (Lipinski definition) is 11. The molecular formula is C25H28N2O10. The van der Waals surface area contributed by atoms with Gasteiger partial charge in [-0.05, 0) is 30.4 Å². The van der Waals surface area contributed by atoms with Crippen LogP contribution < -0.4 is 10.6 Å². The minimum absolute atomic E-state index is 0.0113. The highest BCUT2D eigenvalue weighted by Gasteiger charge is 2.60. The molecule has 4 rings (SSSR count). The van der Waals surface area contributed by atoms with E-state index in [2.05, 4.69) is 0 Å². The molecule has 12 heteroatoms. The van der Waals surface area contributed by atoms with Gasteiger partial charge in [0.25, 0.3) is 5.91 Å². The van der Waals surface area contributed by atoms with Crippen LogP contribution in [0.25, 0.3) is 5.76 Å². The largest absolute Gasteiger partial charge is 0.508 e. The van der Waals surface area contributed by atoms with Crippen molar-refractivity contribution in [1.29, 1.82) is 0 Å². The summed E-state index contributed by atoms with van der Waals surface area (Å²) in [4.78, 5) is 52.2. The highest BCUT2D eigenvalue weighted by atomic mass is 16.6. The van der Waals surface area contributed by atoms with Gasteiger partial charge in [0, 0.05) is 44.8 Å². The Labute approximate surface area is 211 Å². The summed E-state index contributed by atoms with van der Waals surface area (Å²) in [5.41, 5.74) is 1.87. The monoisotopic (exact) mass is 516 g/mol. The Kier molecular flexibility index (Phi) is 6.51. The lowest BCUT2D eigenvalue weighted by molar-refractivity contribution is -0.147. The van der Waals surface area contributed by atoms with Gasteiger partial charge >= 0.3 is 5.97 Å². The number of aromatic hydroxyl groups is 1. The molecule has 1 aromatic carbocycles. The Hall–Kier alpha value is -3.90. The zero-order valence-electron chi connectivity index (χ0n) is 20.5. The maximum absolute atomic E-state index is 13.6. The zero-order valence-corrected chi connectivity index (χ0v) is 20.5. The summed E-state index contributed by atoms with van der Waals surface area (Å²) in [7, 11) is 4.82. The molecule has 6 N–H and O–H groups in total. The van der Waals surface area contributed by atoms with E-state index in [0.29, 0.717) is 11.3 Å². The number of ketones is 2. The third-order valence-corrected chi connectivity index (χ3v) is 7.26. The molecule has 0 unspecified atom stereocenters. The molecule has 0 bridgehead atoms. The fraction of sp³-hybridized carbons (Fsp3) is 0.440. The number of nitrogens with zero attached hydrogens (tertiary/aromatic N) is 1. The quantitative estimate of drug-likeness (QED) is 0.198. The first kappa shape index (κ1) is 26.2. The predicted octanol–water partition coefficient (Wildman–Crippen LogP) is 0.293. The number of Topliss-reactive ketones (excluding diaryl/α,β-unsaturated/α-hetero) is 2. The maximum atomic E-state index is 13.6. The SMILES string of the molecule is COCCOC(=O)c1cc(N(C)C)c2c(c1O)C(O)=C1C(=O)[C@]3(O)C(O)=C(C(N)=O)C(=O)C[C@@H]3C[C@@H]1C2. The summed E-state index contributed by atoms with van der Waals surface area (Å²) in [6, 6.07) is 1.42. The number of methoxy groups -OCH3 is 1. The van der Waals surface area contributed by atoms with E-state index in [-0.39, 0.29) is 42.8 Å². The average molecular weight is 517 g/mol. The number of hydrogen-bond donors (Lipinski definition) is 5. The van der Waals surface area contributed by atoms with Crippen molar-refractivity contribution < 1.29 is 49.1 Å². The second kappa shape index (κ2) is 9.20. The van der Waals surface area contributed by atoms with E-state index < -0.39 is 70.1 Å². The lowest BCUT2D eigenvalue weighted by Crippen LogP contribution is -2.58. The van der Waals surface area contributed by atoms with Crippen molar-refractivity contribution in [1.82, 2.24) is 0 Å². The van der Waals surface area contributed by atoms with Crippen molar-refractivity contribution in [2.45, 2.75) is 24.9 Å². The number of aliphatic hydroxyl groups excluding tert-OH is 2. The smallest absolute Gasteiger partial charge is 0.342 e. The first-order valence-electron chi connectivity index (χ1n) is 11.6. The molecule has 198 valence electrons. The van der Waals surface area contributed by atoms with Crippen molar-refractivity contribution in [3.05, 3.63) is 39.7 Å². The maximum Gasteiger partial charge on any atom is 0.342 e. The van der Waals surface area contributed by atoms with E-state index in [1.54, 1.807) is 19.0 Å². The van der Waals surface area contributed by atoms with Gasteiger partial charge in [0.05, 0.1) is 12.2 Å². The standard InChI is InChI=1S/C25H28N2O10/c1-27(2)14-9-13(24(34)37-5-4-36-3)19(29)17-12(14)7-10-6-11-8-15(28)18(23(26)33)22(32)25(11,35)21(31)16(10)20(17)30/h9-11,29-30,32,35H,4-8H2,1-3H3,(H2,26,33)/t10-,11+,25+/m1/s1. The molecule has 3 atom stereocenters. The third kappa shape index (κ3) is 3.83. The van der Waals surface area contributed by atoms with E-state index in [4.69, 9.17) is 15.2 Å². The van der Waals surface area contributed by atoms with Gasteiger partial charge in [-0.25, -0.2) is 4.79 Å². The number of aliphatic hydroxyl groups is 3. The number of phenols is 1. The molecule has 1 aromatic rings. The molecule has 0 saturated heterocycles. The van der Waals surface area contributed by atoms with Crippen molar-refractivity contribution in [3.63, 3.8) is 0 Å². The van der Waals surface area contributed by atoms with Gasteiger partial charge in [0.15, 0.2) is 11.4 Å². The number of anilines is 1. The number of carbonyl (C=O) groups excluding carboxylic acids is 4. The van der Waals surface area contributed by atoms with Gasteiger partial charge < -0.3 is 40.5 Å². The molecule has 12 nitrogen and oxygen atoms in total. The number of primary amides is 1. The Morgan fingerprint density at radius 1 is 1.16 bits per heavy atom. The van der Waals surface area contributed by atoms with Crippen LogP contribution in [-0.4, -0.2) is 83.9 Å². The molecular weight excluding hydrogens is 488 g/mol. The van der Waals surface area contributed by atoms with Crippen LogP contribution in [0.5, 0.6) is 5.75 Å². The number of benzene rings is 1.